The van der Waals surface area contributed by atoms with E-state index in [1.807, 2.05) is 26.4 Å². The molecule has 0 unspecified atom stereocenters. The van der Waals surface area contributed by atoms with Crippen molar-refractivity contribution in [2.24, 2.45) is 25.9 Å². The Morgan fingerprint density at radius 3 is 2.45 bits per heavy atom. The summed E-state index contributed by atoms with van der Waals surface area (Å²) in [7, 11) is 3.63. The summed E-state index contributed by atoms with van der Waals surface area (Å²) in [5.41, 5.74) is 15.5. The number of aromatic nitrogens is 6. The first-order chi connectivity index (χ1) is 18.1. The molecule has 1 aliphatic rings. The quantitative estimate of drug-likeness (QED) is 0.179. The van der Waals surface area contributed by atoms with E-state index in [2.05, 4.69) is 62.4 Å². The van der Waals surface area contributed by atoms with Crippen LogP contribution >= 0.6 is 31.9 Å². The number of hydrogen-bond acceptors (Lipinski definition) is 6. The first kappa shape index (κ1) is 26.1. The number of anilines is 2. The number of aromatic amines is 2. The molecule has 200 valence electrons. The number of nitrogen functional groups attached to an aromatic ring is 2. The Morgan fingerprint density at radius 2 is 1.82 bits per heavy atom. The summed E-state index contributed by atoms with van der Waals surface area (Å²) < 4.78 is 5.16. The number of fused-ring (bicyclic) bond motifs is 1. The molecule has 38 heavy (non-hydrogen) atoms. The Labute approximate surface area is 235 Å². The van der Waals surface area contributed by atoms with Crippen LogP contribution in [0, 0.1) is 11.8 Å². The fourth-order valence-corrected chi connectivity index (χ4v) is 6.07. The number of nitrogens with zero attached hydrogens (tertiary/aromatic N) is 4. The van der Waals surface area contributed by atoms with Gasteiger partial charge in [-0.25, -0.2) is 9.97 Å². The van der Waals surface area contributed by atoms with Gasteiger partial charge in [-0.05, 0) is 68.3 Å². The number of H-pyrrole nitrogens is 2. The van der Waals surface area contributed by atoms with Crippen molar-refractivity contribution in [1.29, 1.82) is 0 Å². The molecule has 0 aliphatic heterocycles. The minimum Gasteiger partial charge on any atom is -0.369 e. The first-order valence-corrected chi connectivity index (χ1v) is 13.5. The number of nitrogens with one attached hydrogen (secondary N) is 4. The molecule has 12 nitrogen and oxygen atoms in total. The van der Waals surface area contributed by atoms with Gasteiger partial charge in [0.2, 0.25) is 0 Å². The molecule has 0 spiro atoms. The molecule has 0 fully saturated rings. The number of imidazole rings is 2. The number of carbonyl (C=O) groups excluding carboxylic acids is 2. The van der Waals surface area contributed by atoms with Gasteiger partial charge in [-0.15, -0.1) is 0 Å². The molecule has 8 N–H and O–H groups in total. The van der Waals surface area contributed by atoms with Gasteiger partial charge in [-0.3, -0.25) is 9.59 Å². The number of aryl methyl sites for hydroxylation is 1. The number of carbonyl (C=O) groups is 2. The highest BCUT2D eigenvalue weighted by molar-refractivity contribution is 9.10. The maximum absolute atomic E-state index is 13.1. The van der Waals surface area contributed by atoms with E-state index in [1.165, 1.54) is 0 Å². The summed E-state index contributed by atoms with van der Waals surface area (Å²) in [5, 5.41) is 6.17. The Kier molecular flexibility index (Phi) is 7.09. The molecule has 3 atom stereocenters. The van der Waals surface area contributed by atoms with Gasteiger partial charge in [0.1, 0.15) is 11.4 Å². The SMILES string of the molecule is Cn1cc(Br)cc1C(=O)NC[C@H]1[C@H](CNC(=O)c2ccc(Br)n2C)Cc2[nH]c(N)nc2[C@@H]1c1cnc(N)[nH]1. The largest absolute Gasteiger partial charge is 0.369 e. The standard InChI is InChI=1S/C24H28Br2N10O2/c1-35-10-12(25)6-17(35)22(38)30-8-13-11(7-29-21(37)16-3-4-18(26)36(16)2)5-14-20(34-24(28)32-14)19(13)15-9-31-23(27)33-15/h3-4,6,9-11,13,19H,5,7-8H2,1-2H3,(H,29,37)(H,30,38)(H3,27,31,33)(H3,28,32,34)/t11-,13-,19-/m0/s1. The monoisotopic (exact) mass is 646 g/mol. The summed E-state index contributed by atoms with van der Waals surface area (Å²) in [6.07, 6.45) is 4.10. The van der Waals surface area contributed by atoms with E-state index in [4.69, 9.17) is 11.5 Å². The highest BCUT2D eigenvalue weighted by Crippen LogP contribution is 2.42. The molecule has 1 aliphatic carbocycles. The van der Waals surface area contributed by atoms with Crippen LogP contribution in [0.15, 0.2) is 39.7 Å². The van der Waals surface area contributed by atoms with E-state index in [-0.39, 0.29) is 35.5 Å². The molecule has 0 saturated heterocycles. The third kappa shape index (κ3) is 4.97. The number of rotatable bonds is 7. The molecule has 0 saturated carbocycles. The van der Waals surface area contributed by atoms with Crippen molar-refractivity contribution < 1.29 is 9.59 Å². The Balaban J connectivity index is 1.45. The van der Waals surface area contributed by atoms with Crippen LogP contribution in [0.25, 0.3) is 0 Å². The van der Waals surface area contributed by atoms with Crippen molar-refractivity contribution in [3.05, 3.63) is 68.1 Å². The second-order valence-electron chi connectivity index (χ2n) is 9.49. The average molecular weight is 648 g/mol. The molecule has 0 aromatic carbocycles. The normalized spacial score (nSPS) is 18.8. The fourth-order valence-electron chi connectivity index (χ4n) is 5.22. The average Bonchev–Trinajstić information content (AvgIpc) is 3.63. The summed E-state index contributed by atoms with van der Waals surface area (Å²) in [4.78, 5) is 41.2. The maximum atomic E-state index is 13.1. The van der Waals surface area contributed by atoms with Crippen molar-refractivity contribution in [2.45, 2.75) is 12.3 Å². The van der Waals surface area contributed by atoms with E-state index in [0.717, 1.165) is 26.2 Å². The van der Waals surface area contributed by atoms with Crippen LogP contribution in [0.5, 0.6) is 0 Å². The zero-order valence-corrected chi connectivity index (χ0v) is 23.9. The minimum absolute atomic E-state index is 0.0648. The molecule has 4 heterocycles. The Hall–Kier alpha value is -3.52. The maximum Gasteiger partial charge on any atom is 0.267 e. The zero-order valence-electron chi connectivity index (χ0n) is 20.8. The molecule has 2 amide bonds. The van der Waals surface area contributed by atoms with E-state index >= 15 is 0 Å². The van der Waals surface area contributed by atoms with E-state index < -0.39 is 0 Å². The Morgan fingerprint density at radius 1 is 1.08 bits per heavy atom. The number of nitrogens with two attached hydrogens (primary N) is 2. The molecule has 14 heteroatoms. The lowest BCUT2D eigenvalue weighted by Crippen LogP contribution is -2.44. The number of hydrogen-bond donors (Lipinski definition) is 6. The van der Waals surface area contributed by atoms with Gasteiger partial charge >= 0.3 is 0 Å². The summed E-state index contributed by atoms with van der Waals surface area (Å²) in [6.45, 7) is 0.698. The smallest absolute Gasteiger partial charge is 0.267 e. The van der Waals surface area contributed by atoms with Gasteiger partial charge in [0.05, 0.1) is 16.5 Å². The lowest BCUT2D eigenvalue weighted by Gasteiger charge is -2.37. The minimum atomic E-state index is -0.288. The second-order valence-corrected chi connectivity index (χ2v) is 11.2. The van der Waals surface area contributed by atoms with Crippen LogP contribution in [0.1, 0.15) is 44.0 Å². The fraction of sp³-hybridized carbons (Fsp3) is 0.333. The lowest BCUT2D eigenvalue weighted by atomic mass is 9.71. The lowest BCUT2D eigenvalue weighted by molar-refractivity contribution is 0.0902. The van der Waals surface area contributed by atoms with Crippen LogP contribution in [-0.4, -0.2) is 54.0 Å². The predicted octanol–water partition coefficient (Wildman–Crippen LogP) is 2.28. The van der Waals surface area contributed by atoms with E-state index in [9.17, 15) is 9.59 Å². The van der Waals surface area contributed by atoms with E-state index in [0.29, 0.717) is 36.8 Å². The van der Waals surface area contributed by atoms with Gasteiger partial charge in [0, 0.05) is 55.2 Å². The van der Waals surface area contributed by atoms with Gasteiger partial charge < -0.3 is 41.2 Å². The van der Waals surface area contributed by atoms with Crippen molar-refractivity contribution in [3.8, 4) is 0 Å². The van der Waals surface area contributed by atoms with Crippen molar-refractivity contribution in [2.75, 3.05) is 24.6 Å². The summed E-state index contributed by atoms with van der Waals surface area (Å²) in [6, 6.07) is 5.36. The van der Waals surface area contributed by atoms with Crippen LogP contribution in [0.3, 0.4) is 0 Å². The zero-order chi connectivity index (χ0) is 27.1. The molecular formula is C24H28Br2N10O2. The molecule has 0 bridgehead atoms. The number of amides is 2. The van der Waals surface area contributed by atoms with Crippen molar-refractivity contribution in [1.82, 2.24) is 39.7 Å². The molecule has 0 radical (unpaired) electrons. The topological polar surface area (TPSA) is 177 Å². The highest BCUT2D eigenvalue weighted by Gasteiger charge is 2.41. The molecular weight excluding hydrogens is 620 g/mol. The second kappa shape index (κ2) is 10.3. The molecule has 4 aromatic heterocycles. The Bertz CT molecular complexity index is 1500. The highest BCUT2D eigenvalue weighted by atomic mass is 79.9. The van der Waals surface area contributed by atoms with E-state index in [1.54, 1.807) is 27.5 Å². The van der Waals surface area contributed by atoms with Crippen LogP contribution in [-0.2, 0) is 20.5 Å². The third-order valence-electron chi connectivity index (χ3n) is 7.09. The van der Waals surface area contributed by atoms with Crippen LogP contribution < -0.4 is 22.1 Å². The molecule has 4 aromatic rings. The van der Waals surface area contributed by atoms with Gasteiger partial charge in [0.25, 0.3) is 11.8 Å². The molecule has 5 rings (SSSR count). The van der Waals surface area contributed by atoms with Crippen molar-refractivity contribution in [3.63, 3.8) is 0 Å². The van der Waals surface area contributed by atoms with Gasteiger partial charge in [0.15, 0.2) is 11.9 Å². The van der Waals surface area contributed by atoms with Crippen LogP contribution in [0.4, 0.5) is 11.9 Å². The van der Waals surface area contributed by atoms with Gasteiger partial charge in [-0.1, -0.05) is 0 Å². The number of halogens is 2. The van der Waals surface area contributed by atoms with Crippen molar-refractivity contribution >= 4 is 55.6 Å². The summed E-state index contributed by atoms with van der Waals surface area (Å²) >= 11 is 6.85. The summed E-state index contributed by atoms with van der Waals surface area (Å²) in [5.74, 6) is -0.308. The van der Waals surface area contributed by atoms with Gasteiger partial charge in [-0.2, -0.15) is 0 Å². The van der Waals surface area contributed by atoms with Crippen LogP contribution in [0.2, 0.25) is 0 Å². The predicted molar refractivity (Wildman–Crippen MR) is 149 cm³/mol. The first-order valence-electron chi connectivity index (χ1n) is 12.0. The third-order valence-corrected chi connectivity index (χ3v) is 8.32.